The van der Waals surface area contributed by atoms with Gasteiger partial charge in [-0.05, 0) is 42.0 Å². The zero-order chi connectivity index (χ0) is 13.1. The Labute approximate surface area is 120 Å². The molecule has 0 aliphatic heterocycles. The van der Waals surface area contributed by atoms with Crippen LogP contribution in [0.2, 0.25) is 5.02 Å². The van der Waals surface area contributed by atoms with Gasteiger partial charge >= 0.3 is 0 Å². The molecule has 0 radical (unpaired) electrons. The summed E-state index contributed by atoms with van der Waals surface area (Å²) in [7, 11) is 0. The fourth-order valence-corrected chi connectivity index (χ4v) is 3.58. The number of alkyl halides is 1. The van der Waals surface area contributed by atoms with E-state index >= 15 is 0 Å². The third kappa shape index (κ3) is 2.87. The second kappa shape index (κ2) is 6.05. The van der Waals surface area contributed by atoms with E-state index in [9.17, 15) is 4.39 Å². The third-order valence-corrected chi connectivity index (χ3v) is 4.82. The molecule has 0 N–H and O–H groups in total. The molecule has 0 aliphatic rings. The van der Waals surface area contributed by atoms with Crippen molar-refractivity contribution < 1.29 is 4.39 Å². The van der Waals surface area contributed by atoms with Crippen molar-refractivity contribution in [3.63, 3.8) is 0 Å². The summed E-state index contributed by atoms with van der Waals surface area (Å²) < 4.78 is 13.7. The van der Waals surface area contributed by atoms with Crippen LogP contribution in [0.4, 0.5) is 4.39 Å². The van der Waals surface area contributed by atoms with Crippen LogP contribution in [0.25, 0.3) is 0 Å². The molecule has 4 heteroatoms. The molecule has 0 amide bonds. The number of thiophene rings is 1. The number of benzene rings is 1. The first-order chi connectivity index (χ1) is 8.63. The highest BCUT2D eigenvalue weighted by atomic mass is 35.5. The molecular weight excluding hydrogens is 290 g/mol. The summed E-state index contributed by atoms with van der Waals surface area (Å²) in [5, 5.41) is 2.23. The second-order valence-corrected chi connectivity index (χ2v) is 5.92. The maximum atomic E-state index is 13.7. The standard InChI is InChI=1S/C14H13Cl2FS/c1-2-9-6-7-18-14(9)12(16)8-10-11(15)4-3-5-13(10)17/h3-7,12H,2,8H2,1H3. The first-order valence-electron chi connectivity index (χ1n) is 5.76. The predicted molar refractivity (Wildman–Crippen MR) is 77.4 cm³/mol. The smallest absolute Gasteiger partial charge is 0.127 e. The Bertz CT molecular complexity index is 516. The van der Waals surface area contributed by atoms with Crippen LogP contribution >= 0.6 is 34.5 Å². The predicted octanol–water partition coefficient (Wildman–Crippen LogP) is 5.63. The summed E-state index contributed by atoms with van der Waals surface area (Å²) in [5.74, 6) is -0.289. The van der Waals surface area contributed by atoms with Crippen molar-refractivity contribution in [3.05, 3.63) is 56.5 Å². The van der Waals surface area contributed by atoms with E-state index in [2.05, 4.69) is 13.0 Å². The molecule has 18 heavy (non-hydrogen) atoms. The van der Waals surface area contributed by atoms with Gasteiger partial charge in [0.15, 0.2) is 0 Å². The second-order valence-electron chi connectivity index (χ2n) is 4.04. The van der Waals surface area contributed by atoms with Gasteiger partial charge < -0.3 is 0 Å². The zero-order valence-corrected chi connectivity index (χ0v) is 12.2. The fourth-order valence-electron chi connectivity index (χ4n) is 1.91. The minimum Gasteiger partial charge on any atom is -0.207 e. The minimum absolute atomic E-state index is 0.227. The van der Waals surface area contributed by atoms with E-state index in [1.54, 1.807) is 23.5 Å². The van der Waals surface area contributed by atoms with E-state index in [0.29, 0.717) is 17.0 Å². The van der Waals surface area contributed by atoms with Gasteiger partial charge in [0.05, 0.1) is 5.38 Å². The van der Waals surface area contributed by atoms with Gasteiger partial charge in [0, 0.05) is 15.5 Å². The van der Waals surface area contributed by atoms with Crippen LogP contribution in [0, 0.1) is 5.82 Å². The fraction of sp³-hybridized carbons (Fsp3) is 0.286. The Hall–Kier alpha value is -0.570. The van der Waals surface area contributed by atoms with Gasteiger partial charge in [0.25, 0.3) is 0 Å². The quantitative estimate of drug-likeness (QED) is 0.642. The number of aryl methyl sites for hydroxylation is 1. The molecule has 1 aromatic heterocycles. The van der Waals surface area contributed by atoms with E-state index in [-0.39, 0.29) is 11.2 Å². The molecule has 0 bridgehead atoms. The van der Waals surface area contributed by atoms with Crippen LogP contribution < -0.4 is 0 Å². The summed E-state index contributed by atoms with van der Waals surface area (Å²) in [4.78, 5) is 1.11. The van der Waals surface area contributed by atoms with Crippen LogP contribution in [-0.4, -0.2) is 0 Å². The average molecular weight is 303 g/mol. The Morgan fingerprint density at radius 2 is 2.11 bits per heavy atom. The molecule has 1 atom stereocenters. The molecule has 0 aliphatic carbocycles. The number of halogens is 3. The van der Waals surface area contributed by atoms with E-state index in [0.717, 1.165) is 11.3 Å². The van der Waals surface area contributed by atoms with Crippen molar-refractivity contribution in [2.45, 2.75) is 25.1 Å². The number of rotatable bonds is 4. The monoisotopic (exact) mass is 302 g/mol. The molecule has 1 unspecified atom stereocenters. The molecule has 1 aromatic carbocycles. The molecule has 0 saturated carbocycles. The highest BCUT2D eigenvalue weighted by molar-refractivity contribution is 7.10. The van der Waals surface area contributed by atoms with E-state index in [4.69, 9.17) is 23.2 Å². The van der Waals surface area contributed by atoms with Crippen molar-refractivity contribution in [2.24, 2.45) is 0 Å². The zero-order valence-electron chi connectivity index (χ0n) is 9.92. The third-order valence-electron chi connectivity index (χ3n) is 2.89. The van der Waals surface area contributed by atoms with Gasteiger partial charge in [-0.3, -0.25) is 0 Å². The lowest BCUT2D eigenvalue weighted by Crippen LogP contribution is -2.00. The van der Waals surface area contributed by atoms with Crippen molar-refractivity contribution in [3.8, 4) is 0 Å². The molecule has 0 nitrogen and oxygen atoms in total. The minimum atomic E-state index is -0.289. The lowest BCUT2D eigenvalue weighted by atomic mass is 10.1. The van der Waals surface area contributed by atoms with Gasteiger partial charge in [-0.15, -0.1) is 22.9 Å². The van der Waals surface area contributed by atoms with Crippen LogP contribution in [0.5, 0.6) is 0 Å². The molecule has 0 fully saturated rings. The SMILES string of the molecule is CCc1ccsc1C(Cl)Cc1c(F)cccc1Cl. The Kier molecular flexibility index (Phi) is 4.66. The van der Waals surface area contributed by atoms with E-state index in [1.807, 2.05) is 5.38 Å². The first-order valence-corrected chi connectivity index (χ1v) is 7.46. The average Bonchev–Trinajstić information content (AvgIpc) is 2.82. The Morgan fingerprint density at radius 3 is 2.78 bits per heavy atom. The summed E-state index contributed by atoms with van der Waals surface area (Å²) in [6.45, 7) is 2.09. The van der Waals surface area contributed by atoms with Crippen LogP contribution in [0.3, 0.4) is 0 Å². The largest absolute Gasteiger partial charge is 0.207 e. The number of hydrogen-bond donors (Lipinski definition) is 0. The topological polar surface area (TPSA) is 0 Å². The van der Waals surface area contributed by atoms with Gasteiger partial charge in [0.1, 0.15) is 5.82 Å². The molecule has 96 valence electrons. The summed E-state index contributed by atoms with van der Waals surface area (Å²) in [6.07, 6.45) is 1.35. The molecule has 0 saturated heterocycles. The normalized spacial score (nSPS) is 12.7. The molecule has 0 spiro atoms. The summed E-state index contributed by atoms with van der Waals surface area (Å²) in [5.41, 5.74) is 1.72. The highest BCUT2D eigenvalue weighted by Crippen LogP contribution is 2.34. The van der Waals surface area contributed by atoms with Crippen LogP contribution in [0.15, 0.2) is 29.6 Å². The summed E-state index contributed by atoms with van der Waals surface area (Å²) >= 11 is 14.0. The van der Waals surface area contributed by atoms with E-state index in [1.165, 1.54) is 11.6 Å². The molecular formula is C14H13Cl2FS. The van der Waals surface area contributed by atoms with Crippen LogP contribution in [0.1, 0.15) is 28.3 Å². The van der Waals surface area contributed by atoms with Gasteiger partial charge in [-0.2, -0.15) is 0 Å². The Balaban J connectivity index is 2.24. The molecule has 1 heterocycles. The van der Waals surface area contributed by atoms with Crippen molar-refractivity contribution in [1.82, 2.24) is 0 Å². The van der Waals surface area contributed by atoms with Gasteiger partial charge in [-0.25, -0.2) is 4.39 Å². The maximum Gasteiger partial charge on any atom is 0.127 e. The van der Waals surface area contributed by atoms with Crippen LogP contribution in [-0.2, 0) is 12.8 Å². The molecule has 2 rings (SSSR count). The lowest BCUT2D eigenvalue weighted by molar-refractivity contribution is 0.607. The van der Waals surface area contributed by atoms with E-state index < -0.39 is 0 Å². The number of hydrogen-bond acceptors (Lipinski definition) is 1. The van der Waals surface area contributed by atoms with Gasteiger partial charge in [0.2, 0.25) is 0 Å². The highest BCUT2D eigenvalue weighted by Gasteiger charge is 2.17. The first kappa shape index (κ1) is 13.9. The lowest BCUT2D eigenvalue weighted by Gasteiger charge is -2.12. The maximum absolute atomic E-state index is 13.7. The summed E-state index contributed by atoms with van der Waals surface area (Å²) in [6, 6.07) is 6.78. The van der Waals surface area contributed by atoms with Gasteiger partial charge in [-0.1, -0.05) is 24.6 Å². The molecule has 2 aromatic rings. The van der Waals surface area contributed by atoms with Crippen molar-refractivity contribution in [1.29, 1.82) is 0 Å². The van der Waals surface area contributed by atoms with Crippen molar-refractivity contribution in [2.75, 3.05) is 0 Å². The van der Waals surface area contributed by atoms with Crippen molar-refractivity contribution >= 4 is 34.5 Å². The Morgan fingerprint density at radius 1 is 1.33 bits per heavy atom.